The van der Waals surface area contributed by atoms with Crippen molar-refractivity contribution in [1.29, 1.82) is 0 Å². The molecule has 0 atom stereocenters. The lowest BCUT2D eigenvalue weighted by atomic mass is 10.2. The Kier molecular flexibility index (Phi) is 8.92. The van der Waals surface area contributed by atoms with E-state index >= 15 is 0 Å². The van der Waals surface area contributed by atoms with Crippen LogP contribution in [-0.2, 0) is 26.0 Å². The summed E-state index contributed by atoms with van der Waals surface area (Å²) in [5.41, 5.74) is 0.630. The molecule has 0 aliphatic rings. The lowest BCUT2D eigenvalue weighted by molar-refractivity contribution is -0.134. The number of nitrogens with zero attached hydrogens (tertiary/aromatic N) is 2. The van der Waals surface area contributed by atoms with Crippen molar-refractivity contribution in [3.8, 4) is 0 Å². The highest BCUT2D eigenvalue weighted by molar-refractivity contribution is 7.90. The molecule has 0 amide bonds. The molecule has 2 aromatic rings. The van der Waals surface area contributed by atoms with E-state index in [9.17, 15) is 26.8 Å². The maximum Gasteiger partial charge on any atom is 0.328 e. The van der Waals surface area contributed by atoms with Crippen LogP contribution in [0.15, 0.2) is 36.5 Å². The molecule has 160 valence electrons. The molecule has 0 aliphatic heterocycles. The van der Waals surface area contributed by atoms with Crippen LogP contribution in [0.4, 0.5) is 8.78 Å². The number of hydrogen-bond donors (Lipinski definition) is 2. The van der Waals surface area contributed by atoms with Gasteiger partial charge in [-0.15, -0.1) is 0 Å². The summed E-state index contributed by atoms with van der Waals surface area (Å²) < 4.78 is 50.5. The van der Waals surface area contributed by atoms with Gasteiger partial charge in [0.1, 0.15) is 9.84 Å². The summed E-state index contributed by atoms with van der Waals surface area (Å²) in [6.45, 7) is 1.65. The average molecular weight is 432 g/mol. The van der Waals surface area contributed by atoms with Crippen LogP contribution in [-0.4, -0.2) is 72.2 Å². The molecule has 0 saturated carbocycles. The van der Waals surface area contributed by atoms with E-state index in [1.54, 1.807) is 12.3 Å². The molecular weight excluding hydrogens is 410 g/mol. The van der Waals surface area contributed by atoms with E-state index in [0.29, 0.717) is 42.7 Å². The Balaban J connectivity index is 0.000000447. The second kappa shape index (κ2) is 10.7. The summed E-state index contributed by atoms with van der Waals surface area (Å²) in [6.07, 6.45) is 4.09. The first-order chi connectivity index (χ1) is 13.4. The number of carboxylic acid groups (broad SMARTS) is 2. The van der Waals surface area contributed by atoms with Crippen molar-refractivity contribution in [2.75, 3.05) is 32.1 Å². The first-order valence-corrected chi connectivity index (χ1v) is 10.4. The number of sulfone groups is 1. The largest absolute Gasteiger partial charge is 0.478 e. The zero-order valence-electron chi connectivity index (χ0n) is 15.9. The van der Waals surface area contributed by atoms with Gasteiger partial charge in [0, 0.05) is 55.7 Å². The van der Waals surface area contributed by atoms with Crippen molar-refractivity contribution in [3.05, 3.63) is 48.2 Å². The topological polar surface area (TPSA) is 117 Å². The number of carbonyl (C=O) groups is 2. The highest BCUT2D eigenvalue weighted by Crippen LogP contribution is 2.19. The molecule has 0 bridgehead atoms. The Morgan fingerprint density at radius 2 is 1.66 bits per heavy atom. The maximum absolute atomic E-state index is 13.3. The molecular formula is C18H22F2N2O6S. The number of aromatic nitrogens is 1. The molecule has 0 aliphatic carbocycles. The first-order valence-electron chi connectivity index (χ1n) is 8.33. The standard InChI is InChI=1S/C14H18F2N2O2S.C4H4O4/c1-17(7-8-21(2,19)20)5-6-18-4-3-11-9-12(15)13(16)10-14(11)18;5-3(6)1-2-4(7)8/h3-4,9-10H,5-8H2,1-2H3;1-2H,(H,5,6)(H,7,8)/b;2-1+. The third kappa shape index (κ3) is 9.30. The van der Waals surface area contributed by atoms with Gasteiger partial charge in [-0.3, -0.25) is 0 Å². The molecule has 0 saturated heterocycles. The molecule has 11 heteroatoms. The van der Waals surface area contributed by atoms with E-state index in [-0.39, 0.29) is 5.75 Å². The van der Waals surface area contributed by atoms with Gasteiger partial charge in [-0.2, -0.15) is 0 Å². The van der Waals surface area contributed by atoms with E-state index in [4.69, 9.17) is 10.2 Å². The fraction of sp³-hybridized carbons (Fsp3) is 0.333. The molecule has 0 spiro atoms. The van der Waals surface area contributed by atoms with Crippen LogP contribution < -0.4 is 0 Å². The van der Waals surface area contributed by atoms with Gasteiger partial charge in [0.25, 0.3) is 0 Å². The lowest BCUT2D eigenvalue weighted by Crippen LogP contribution is -2.28. The van der Waals surface area contributed by atoms with Gasteiger partial charge in [-0.25, -0.2) is 26.8 Å². The van der Waals surface area contributed by atoms with Gasteiger partial charge in [0.05, 0.1) is 11.3 Å². The number of carboxylic acids is 2. The second-order valence-electron chi connectivity index (χ2n) is 6.28. The molecule has 2 rings (SSSR count). The summed E-state index contributed by atoms with van der Waals surface area (Å²) >= 11 is 0. The van der Waals surface area contributed by atoms with Crippen LogP contribution in [0.5, 0.6) is 0 Å². The summed E-state index contributed by atoms with van der Waals surface area (Å²) in [7, 11) is -1.15. The summed E-state index contributed by atoms with van der Waals surface area (Å²) in [4.78, 5) is 21.0. The van der Waals surface area contributed by atoms with Gasteiger partial charge >= 0.3 is 11.9 Å². The lowest BCUT2D eigenvalue weighted by Gasteiger charge is -2.16. The number of halogens is 2. The minimum atomic E-state index is -2.98. The fourth-order valence-electron chi connectivity index (χ4n) is 2.23. The molecule has 1 aromatic heterocycles. The molecule has 1 heterocycles. The van der Waals surface area contributed by atoms with Crippen molar-refractivity contribution in [1.82, 2.24) is 9.47 Å². The van der Waals surface area contributed by atoms with E-state index < -0.39 is 33.4 Å². The Morgan fingerprint density at radius 3 is 2.17 bits per heavy atom. The zero-order chi connectivity index (χ0) is 22.2. The van der Waals surface area contributed by atoms with Gasteiger partial charge in [-0.1, -0.05) is 0 Å². The Morgan fingerprint density at radius 1 is 1.10 bits per heavy atom. The van der Waals surface area contributed by atoms with E-state index in [1.165, 1.54) is 18.4 Å². The number of rotatable bonds is 8. The summed E-state index contributed by atoms with van der Waals surface area (Å²) in [5.74, 6) is -4.13. The third-order valence-electron chi connectivity index (χ3n) is 3.75. The first kappa shape index (κ1) is 24.2. The zero-order valence-corrected chi connectivity index (χ0v) is 16.7. The van der Waals surface area contributed by atoms with Gasteiger partial charge in [0.2, 0.25) is 0 Å². The van der Waals surface area contributed by atoms with Crippen LogP contribution >= 0.6 is 0 Å². The van der Waals surface area contributed by atoms with Crippen LogP contribution in [0.3, 0.4) is 0 Å². The van der Waals surface area contributed by atoms with Crippen molar-refractivity contribution in [2.45, 2.75) is 6.54 Å². The third-order valence-corrected chi connectivity index (χ3v) is 4.67. The second-order valence-corrected chi connectivity index (χ2v) is 8.54. The molecule has 0 radical (unpaired) electrons. The van der Waals surface area contributed by atoms with Crippen LogP contribution in [0, 0.1) is 11.6 Å². The van der Waals surface area contributed by atoms with Crippen LogP contribution in [0.2, 0.25) is 0 Å². The maximum atomic E-state index is 13.3. The smallest absolute Gasteiger partial charge is 0.328 e. The summed E-state index contributed by atoms with van der Waals surface area (Å²) in [5, 5.41) is 16.3. The average Bonchev–Trinajstić information content (AvgIpc) is 2.98. The van der Waals surface area contributed by atoms with E-state index in [2.05, 4.69) is 0 Å². The highest BCUT2D eigenvalue weighted by atomic mass is 32.2. The number of fused-ring (bicyclic) bond motifs is 1. The molecule has 29 heavy (non-hydrogen) atoms. The molecule has 2 N–H and O–H groups in total. The quantitative estimate of drug-likeness (QED) is 0.609. The normalized spacial score (nSPS) is 11.6. The van der Waals surface area contributed by atoms with Gasteiger partial charge in [0.15, 0.2) is 11.6 Å². The summed E-state index contributed by atoms with van der Waals surface area (Å²) in [6, 6.07) is 4.09. The van der Waals surface area contributed by atoms with Crippen molar-refractivity contribution in [2.24, 2.45) is 0 Å². The van der Waals surface area contributed by atoms with Crippen molar-refractivity contribution >= 4 is 32.7 Å². The van der Waals surface area contributed by atoms with Gasteiger partial charge < -0.3 is 19.7 Å². The van der Waals surface area contributed by atoms with Crippen LogP contribution in [0.25, 0.3) is 10.9 Å². The predicted molar refractivity (Wildman–Crippen MR) is 103 cm³/mol. The highest BCUT2D eigenvalue weighted by Gasteiger charge is 2.09. The minimum absolute atomic E-state index is 0.107. The van der Waals surface area contributed by atoms with E-state index in [1.807, 2.05) is 16.5 Å². The fourth-order valence-corrected chi connectivity index (χ4v) is 2.88. The Labute approximate surface area is 166 Å². The Hall–Kier alpha value is -2.79. The number of aliphatic carboxylic acids is 2. The SMILES string of the molecule is CN(CCn1ccc2cc(F)c(F)cc21)CCS(C)(=O)=O.O=C(O)/C=C/C(=O)O. The monoisotopic (exact) mass is 432 g/mol. The molecule has 0 unspecified atom stereocenters. The van der Waals surface area contributed by atoms with Crippen molar-refractivity contribution in [3.63, 3.8) is 0 Å². The number of benzene rings is 1. The Bertz CT molecular complexity index is 985. The number of hydrogen-bond acceptors (Lipinski definition) is 5. The number of likely N-dealkylation sites (N-methyl/N-ethyl adjacent to an activating group) is 1. The van der Waals surface area contributed by atoms with E-state index in [0.717, 1.165) is 0 Å². The minimum Gasteiger partial charge on any atom is -0.478 e. The van der Waals surface area contributed by atoms with Gasteiger partial charge in [-0.05, 0) is 19.2 Å². The predicted octanol–water partition coefficient (Wildman–Crippen LogP) is 1.61. The molecule has 0 fully saturated rings. The molecule has 8 nitrogen and oxygen atoms in total. The van der Waals surface area contributed by atoms with Crippen LogP contribution in [0.1, 0.15) is 0 Å². The van der Waals surface area contributed by atoms with Crippen molar-refractivity contribution < 1.29 is 37.0 Å². The molecule has 1 aromatic carbocycles.